The summed E-state index contributed by atoms with van der Waals surface area (Å²) in [4.78, 5) is 2.50. The van der Waals surface area contributed by atoms with Crippen LogP contribution < -0.4 is 14.4 Å². The second kappa shape index (κ2) is 7.64. The van der Waals surface area contributed by atoms with Crippen molar-refractivity contribution >= 4 is 27.3 Å². The van der Waals surface area contributed by atoms with Crippen molar-refractivity contribution < 1.29 is 13.2 Å². The predicted molar refractivity (Wildman–Crippen MR) is 100.0 cm³/mol. The van der Waals surface area contributed by atoms with Crippen molar-refractivity contribution in [3.8, 4) is 5.75 Å². The second-order valence-corrected chi connectivity index (χ2v) is 8.31. The minimum absolute atomic E-state index is 0.238. The van der Waals surface area contributed by atoms with Crippen LogP contribution in [0.5, 0.6) is 5.75 Å². The van der Waals surface area contributed by atoms with Gasteiger partial charge in [0.05, 0.1) is 12.0 Å². The number of benzene rings is 2. The number of nitrogens with one attached hydrogen (secondary N) is 1. The highest BCUT2D eigenvalue weighted by atomic mass is 35.5. The summed E-state index contributed by atoms with van der Waals surface area (Å²) in [5, 5.41) is 0.518. The van der Waals surface area contributed by atoms with E-state index in [-0.39, 0.29) is 10.8 Å². The first-order chi connectivity index (χ1) is 12.0. The number of nitrogens with zero attached hydrogens (tertiary/aromatic N) is 1. The quantitative estimate of drug-likeness (QED) is 0.836. The molecule has 1 aliphatic rings. The molecular weight excluding hydrogens is 360 g/mol. The van der Waals surface area contributed by atoms with Gasteiger partial charge >= 0.3 is 0 Å². The van der Waals surface area contributed by atoms with Gasteiger partial charge in [0.2, 0.25) is 10.0 Å². The number of rotatable bonds is 6. The fourth-order valence-corrected chi connectivity index (χ4v) is 4.19. The maximum atomic E-state index is 12.3. The number of anilines is 1. The summed E-state index contributed by atoms with van der Waals surface area (Å²) in [6.45, 7) is 2.17. The Kier molecular flexibility index (Phi) is 5.51. The molecule has 1 aliphatic heterocycles. The SMILES string of the molecule is COc1ccc(N2CCC(CNS(=O)(=O)c3ccc(Cl)cc3)C2)cc1. The highest BCUT2D eigenvalue weighted by molar-refractivity contribution is 7.89. The predicted octanol–water partition coefficient (Wildman–Crippen LogP) is 3.15. The van der Waals surface area contributed by atoms with Gasteiger partial charge in [-0.2, -0.15) is 0 Å². The molecule has 0 aromatic heterocycles. The fourth-order valence-electron chi connectivity index (χ4n) is 2.95. The first-order valence-corrected chi connectivity index (χ1v) is 9.98. The van der Waals surface area contributed by atoms with Crippen molar-refractivity contribution in [2.75, 3.05) is 31.6 Å². The van der Waals surface area contributed by atoms with Crippen molar-refractivity contribution in [3.05, 3.63) is 53.6 Å². The van der Waals surface area contributed by atoms with Crippen LogP contribution in [0, 0.1) is 5.92 Å². The molecule has 2 aromatic carbocycles. The van der Waals surface area contributed by atoms with E-state index in [0.717, 1.165) is 30.9 Å². The van der Waals surface area contributed by atoms with Gasteiger partial charge in [-0.15, -0.1) is 0 Å². The van der Waals surface area contributed by atoms with Gasteiger partial charge in [0.1, 0.15) is 5.75 Å². The third-order valence-corrected chi connectivity index (χ3v) is 6.10. The minimum Gasteiger partial charge on any atom is -0.497 e. The highest BCUT2D eigenvalue weighted by Gasteiger charge is 2.24. The van der Waals surface area contributed by atoms with Gasteiger partial charge in [-0.3, -0.25) is 0 Å². The summed E-state index contributed by atoms with van der Waals surface area (Å²) in [7, 11) is -1.85. The third kappa shape index (κ3) is 4.45. The van der Waals surface area contributed by atoms with Gasteiger partial charge in [0, 0.05) is 30.3 Å². The molecule has 7 heteroatoms. The molecule has 1 atom stereocenters. The van der Waals surface area contributed by atoms with E-state index in [0.29, 0.717) is 11.6 Å². The first kappa shape index (κ1) is 18.0. The van der Waals surface area contributed by atoms with Crippen LogP contribution in [0.15, 0.2) is 53.4 Å². The van der Waals surface area contributed by atoms with Gasteiger partial charge in [0.25, 0.3) is 0 Å². The van der Waals surface area contributed by atoms with Crippen LogP contribution in [0.3, 0.4) is 0 Å². The molecule has 3 rings (SSSR count). The normalized spacial score (nSPS) is 17.7. The molecule has 0 aliphatic carbocycles. The molecule has 0 amide bonds. The Balaban J connectivity index is 1.56. The summed E-state index contributed by atoms with van der Waals surface area (Å²) < 4.78 is 32.6. The van der Waals surface area contributed by atoms with Crippen molar-refractivity contribution in [1.29, 1.82) is 0 Å². The molecule has 1 saturated heterocycles. The van der Waals surface area contributed by atoms with Crippen LogP contribution in [-0.4, -0.2) is 35.2 Å². The summed E-state index contributed by atoms with van der Waals surface area (Å²) in [6, 6.07) is 14.1. The van der Waals surface area contributed by atoms with Gasteiger partial charge < -0.3 is 9.64 Å². The van der Waals surface area contributed by atoms with Crippen LogP contribution in [-0.2, 0) is 10.0 Å². The second-order valence-electron chi connectivity index (χ2n) is 6.10. The molecule has 25 heavy (non-hydrogen) atoms. The van der Waals surface area contributed by atoms with Gasteiger partial charge in [-0.05, 0) is 60.9 Å². The monoisotopic (exact) mass is 380 g/mol. The lowest BCUT2D eigenvalue weighted by Crippen LogP contribution is -2.31. The minimum atomic E-state index is -3.50. The van der Waals surface area contributed by atoms with E-state index in [1.807, 2.05) is 24.3 Å². The van der Waals surface area contributed by atoms with Crippen LogP contribution >= 0.6 is 11.6 Å². The van der Waals surface area contributed by atoms with Crippen LogP contribution in [0.1, 0.15) is 6.42 Å². The van der Waals surface area contributed by atoms with E-state index in [9.17, 15) is 8.42 Å². The molecule has 1 fully saturated rings. The molecule has 0 saturated carbocycles. The lowest BCUT2D eigenvalue weighted by molar-refractivity contribution is 0.415. The average molecular weight is 381 g/mol. The van der Waals surface area contributed by atoms with Gasteiger partial charge in [-0.25, -0.2) is 13.1 Å². The number of halogens is 1. The highest BCUT2D eigenvalue weighted by Crippen LogP contribution is 2.25. The van der Waals surface area contributed by atoms with E-state index in [1.54, 1.807) is 19.2 Å². The molecule has 2 aromatic rings. The number of hydrogen-bond donors (Lipinski definition) is 1. The molecule has 0 radical (unpaired) electrons. The maximum absolute atomic E-state index is 12.3. The molecule has 0 bridgehead atoms. The van der Waals surface area contributed by atoms with E-state index in [4.69, 9.17) is 16.3 Å². The topological polar surface area (TPSA) is 58.6 Å². The Morgan fingerprint density at radius 1 is 1.16 bits per heavy atom. The van der Waals surface area contributed by atoms with Crippen molar-refractivity contribution in [1.82, 2.24) is 4.72 Å². The molecule has 1 N–H and O–H groups in total. The lowest BCUT2D eigenvalue weighted by atomic mass is 10.1. The van der Waals surface area contributed by atoms with Crippen LogP contribution in [0.2, 0.25) is 5.02 Å². The number of ether oxygens (including phenoxy) is 1. The summed E-state index contributed by atoms with van der Waals surface area (Å²) in [6.07, 6.45) is 0.954. The first-order valence-electron chi connectivity index (χ1n) is 8.12. The lowest BCUT2D eigenvalue weighted by Gasteiger charge is -2.19. The third-order valence-electron chi connectivity index (χ3n) is 4.41. The van der Waals surface area contributed by atoms with E-state index in [1.165, 1.54) is 12.1 Å². The van der Waals surface area contributed by atoms with E-state index < -0.39 is 10.0 Å². The summed E-state index contributed by atoms with van der Waals surface area (Å²) >= 11 is 5.81. The molecule has 134 valence electrons. The zero-order valence-corrected chi connectivity index (χ0v) is 15.6. The van der Waals surface area contributed by atoms with Gasteiger partial charge in [-0.1, -0.05) is 11.6 Å². The molecule has 1 unspecified atom stereocenters. The van der Waals surface area contributed by atoms with Crippen LogP contribution in [0.25, 0.3) is 0 Å². The Bertz CT molecular complexity index is 807. The number of hydrogen-bond acceptors (Lipinski definition) is 4. The zero-order chi connectivity index (χ0) is 17.9. The Morgan fingerprint density at radius 2 is 1.84 bits per heavy atom. The molecule has 5 nitrogen and oxygen atoms in total. The Morgan fingerprint density at radius 3 is 2.48 bits per heavy atom. The zero-order valence-electron chi connectivity index (χ0n) is 14.0. The Labute approximate surface area is 153 Å². The van der Waals surface area contributed by atoms with E-state index in [2.05, 4.69) is 9.62 Å². The summed E-state index contributed by atoms with van der Waals surface area (Å²) in [5.41, 5.74) is 1.13. The number of sulfonamides is 1. The van der Waals surface area contributed by atoms with Crippen LogP contribution in [0.4, 0.5) is 5.69 Å². The maximum Gasteiger partial charge on any atom is 0.240 e. The largest absolute Gasteiger partial charge is 0.497 e. The number of methoxy groups -OCH3 is 1. The molecular formula is C18H21ClN2O3S. The fraction of sp³-hybridized carbons (Fsp3) is 0.333. The van der Waals surface area contributed by atoms with Gasteiger partial charge in [0.15, 0.2) is 0 Å². The van der Waals surface area contributed by atoms with Crippen molar-refractivity contribution in [2.24, 2.45) is 5.92 Å². The molecule has 0 spiro atoms. The Hall–Kier alpha value is -1.76. The van der Waals surface area contributed by atoms with E-state index >= 15 is 0 Å². The average Bonchev–Trinajstić information content (AvgIpc) is 3.10. The smallest absolute Gasteiger partial charge is 0.240 e. The molecule has 1 heterocycles. The standard InChI is InChI=1S/C18H21ClN2O3S/c1-24-17-6-4-16(5-7-17)21-11-10-14(13-21)12-20-25(22,23)18-8-2-15(19)3-9-18/h2-9,14,20H,10-13H2,1H3. The summed E-state index contributed by atoms with van der Waals surface area (Å²) in [5.74, 6) is 1.11. The van der Waals surface area contributed by atoms with Crippen molar-refractivity contribution in [2.45, 2.75) is 11.3 Å². The van der Waals surface area contributed by atoms with Crippen molar-refractivity contribution in [3.63, 3.8) is 0 Å².